The van der Waals surface area contributed by atoms with Crippen molar-refractivity contribution in [2.45, 2.75) is 0 Å². The number of para-hydroxylation sites is 1. The highest BCUT2D eigenvalue weighted by molar-refractivity contribution is 7.25. The second kappa shape index (κ2) is 12.3. The van der Waals surface area contributed by atoms with E-state index in [4.69, 9.17) is 19.4 Å². The molecule has 0 unspecified atom stereocenters. The van der Waals surface area contributed by atoms with Crippen molar-refractivity contribution in [3.05, 3.63) is 170 Å². The van der Waals surface area contributed by atoms with Crippen LogP contribution in [0.2, 0.25) is 0 Å². The van der Waals surface area contributed by atoms with Crippen LogP contribution in [0.4, 0.5) is 0 Å². The first-order valence-electron chi connectivity index (χ1n) is 17.9. The summed E-state index contributed by atoms with van der Waals surface area (Å²) in [7, 11) is 0. The molecule has 0 radical (unpaired) electrons. The topological polar surface area (TPSA) is 64.7 Å². The molecule has 5 nitrogen and oxygen atoms in total. The van der Waals surface area contributed by atoms with Crippen LogP contribution in [0, 0.1) is 0 Å². The molecule has 0 bridgehead atoms. The third-order valence-electron chi connectivity index (χ3n) is 10.2. The average molecular weight is 709 g/mol. The molecular weight excluding hydrogens is 681 g/mol. The van der Waals surface area contributed by atoms with Gasteiger partial charge in [-0.05, 0) is 53.1 Å². The summed E-state index contributed by atoms with van der Waals surface area (Å²) in [6, 6.07) is 56.7. The second-order valence-electron chi connectivity index (χ2n) is 13.4. The molecule has 0 amide bonds. The Bertz CT molecular complexity index is 3220. The Morgan fingerprint density at radius 2 is 1.07 bits per heavy atom. The van der Waals surface area contributed by atoms with Crippen LogP contribution < -0.4 is 0 Å². The molecule has 6 heteroatoms. The van der Waals surface area contributed by atoms with E-state index in [0.29, 0.717) is 17.5 Å². The van der Waals surface area contributed by atoms with E-state index in [1.165, 1.54) is 14.8 Å². The fourth-order valence-corrected chi connectivity index (χ4v) is 8.80. The molecule has 11 rings (SSSR count). The van der Waals surface area contributed by atoms with E-state index < -0.39 is 0 Å². The lowest BCUT2D eigenvalue weighted by molar-refractivity contribution is 0.669. The number of hydrogen-bond acceptors (Lipinski definition) is 6. The number of benzene rings is 7. The minimum atomic E-state index is 0.599. The quantitative estimate of drug-likeness (QED) is 0.178. The zero-order chi connectivity index (χ0) is 35.6. The summed E-state index contributed by atoms with van der Waals surface area (Å²) in [6.07, 6.45) is 1.85. The summed E-state index contributed by atoms with van der Waals surface area (Å²) in [5.41, 5.74) is 9.87. The molecule has 54 heavy (non-hydrogen) atoms. The van der Waals surface area contributed by atoms with Gasteiger partial charge in [0.1, 0.15) is 11.2 Å². The van der Waals surface area contributed by atoms with Crippen LogP contribution in [-0.4, -0.2) is 19.9 Å². The van der Waals surface area contributed by atoms with Gasteiger partial charge in [-0.25, -0.2) is 15.0 Å². The molecule has 0 saturated heterocycles. The van der Waals surface area contributed by atoms with E-state index in [0.717, 1.165) is 77.2 Å². The minimum Gasteiger partial charge on any atom is -0.456 e. The first-order valence-corrected chi connectivity index (χ1v) is 18.7. The highest BCUT2D eigenvalue weighted by Gasteiger charge is 2.20. The Morgan fingerprint density at radius 3 is 1.94 bits per heavy atom. The Morgan fingerprint density at radius 1 is 0.407 bits per heavy atom. The Balaban J connectivity index is 1.08. The third-order valence-corrected chi connectivity index (χ3v) is 11.3. The van der Waals surface area contributed by atoms with Crippen molar-refractivity contribution >= 4 is 64.4 Å². The molecule has 0 aliphatic rings. The second-order valence-corrected chi connectivity index (χ2v) is 14.5. The van der Waals surface area contributed by atoms with Gasteiger partial charge in [-0.1, -0.05) is 127 Å². The maximum absolute atomic E-state index is 6.47. The van der Waals surface area contributed by atoms with Gasteiger partial charge >= 0.3 is 0 Å². The molecule has 0 spiro atoms. The summed E-state index contributed by atoms with van der Waals surface area (Å²) in [5, 5.41) is 5.48. The lowest BCUT2D eigenvalue weighted by atomic mass is 9.97. The normalized spacial score (nSPS) is 11.7. The molecule has 0 aliphatic heterocycles. The summed E-state index contributed by atoms with van der Waals surface area (Å²) < 4.78 is 8.91. The van der Waals surface area contributed by atoms with Crippen LogP contribution in [0.5, 0.6) is 0 Å². The third kappa shape index (κ3) is 4.99. The highest BCUT2D eigenvalue weighted by atomic mass is 32.1. The van der Waals surface area contributed by atoms with Gasteiger partial charge in [-0.2, -0.15) is 0 Å². The minimum absolute atomic E-state index is 0.599. The average Bonchev–Trinajstić information content (AvgIpc) is 3.82. The fraction of sp³-hybridized carbons (Fsp3) is 0. The van der Waals surface area contributed by atoms with Gasteiger partial charge in [-0.3, -0.25) is 4.98 Å². The number of thiophene rings is 1. The number of pyridine rings is 1. The van der Waals surface area contributed by atoms with Crippen molar-refractivity contribution in [3.8, 4) is 56.4 Å². The molecule has 0 aliphatic carbocycles. The monoisotopic (exact) mass is 708 g/mol. The molecular formula is C48H28N4OS. The number of nitrogens with zero attached hydrogens (tertiary/aromatic N) is 4. The van der Waals surface area contributed by atoms with E-state index >= 15 is 0 Å². The number of rotatable bonds is 5. The van der Waals surface area contributed by atoms with Gasteiger partial charge in [0, 0.05) is 64.8 Å². The Labute approximate surface area is 313 Å². The van der Waals surface area contributed by atoms with Crippen molar-refractivity contribution in [2.24, 2.45) is 0 Å². The SMILES string of the molecule is c1ccc(-c2nc(-c3cccc4oc5ccc(-c6ccc(-c7cccc8cccnc78)cc6)cc5c34)nc(-c3cccc4sc5ccccc5c34)n2)cc1. The van der Waals surface area contributed by atoms with Gasteiger partial charge in [-0.15, -0.1) is 11.3 Å². The molecule has 0 atom stereocenters. The van der Waals surface area contributed by atoms with Crippen molar-refractivity contribution in [1.82, 2.24) is 19.9 Å². The number of aromatic nitrogens is 4. The smallest absolute Gasteiger partial charge is 0.164 e. The van der Waals surface area contributed by atoms with Crippen molar-refractivity contribution in [1.29, 1.82) is 0 Å². The van der Waals surface area contributed by atoms with Gasteiger partial charge in [0.25, 0.3) is 0 Å². The van der Waals surface area contributed by atoms with Gasteiger partial charge in [0.05, 0.1) is 5.52 Å². The van der Waals surface area contributed by atoms with Gasteiger partial charge < -0.3 is 4.42 Å². The number of hydrogen-bond donors (Lipinski definition) is 0. The van der Waals surface area contributed by atoms with Crippen molar-refractivity contribution < 1.29 is 4.42 Å². The van der Waals surface area contributed by atoms with Crippen LogP contribution in [0.15, 0.2) is 174 Å². The van der Waals surface area contributed by atoms with Gasteiger partial charge in [0.15, 0.2) is 17.5 Å². The van der Waals surface area contributed by atoms with E-state index in [9.17, 15) is 0 Å². The van der Waals surface area contributed by atoms with E-state index in [-0.39, 0.29) is 0 Å². The zero-order valence-electron chi connectivity index (χ0n) is 28.8. The van der Waals surface area contributed by atoms with E-state index in [1.54, 1.807) is 11.3 Å². The molecule has 0 fully saturated rings. The zero-order valence-corrected chi connectivity index (χ0v) is 29.6. The highest BCUT2D eigenvalue weighted by Crippen LogP contribution is 2.42. The number of fused-ring (bicyclic) bond motifs is 7. The van der Waals surface area contributed by atoms with Crippen LogP contribution in [0.3, 0.4) is 0 Å². The summed E-state index contributed by atoms with van der Waals surface area (Å²) in [5.74, 6) is 1.86. The molecule has 0 N–H and O–H groups in total. The van der Waals surface area contributed by atoms with Crippen LogP contribution >= 0.6 is 11.3 Å². The molecule has 252 valence electrons. The van der Waals surface area contributed by atoms with Crippen molar-refractivity contribution in [2.75, 3.05) is 0 Å². The van der Waals surface area contributed by atoms with Crippen LogP contribution in [0.25, 0.3) is 109 Å². The first kappa shape index (κ1) is 30.6. The predicted octanol–water partition coefficient (Wildman–Crippen LogP) is 13.0. The van der Waals surface area contributed by atoms with Gasteiger partial charge in [0.2, 0.25) is 0 Å². The predicted molar refractivity (Wildman–Crippen MR) is 222 cm³/mol. The standard InChI is InChI=1S/C48H28N4OS/c1-2-10-32(11-3-1)46-50-47(52-48(51-46)37-17-8-20-42-44(37)35-14-4-5-19-41(35)54-42)36-16-7-18-40-43(36)38-28-33(25-26-39(38)53-40)29-21-23-30(24-22-29)34-15-6-12-31-13-9-27-49-45(31)34/h1-28H. The molecule has 7 aromatic carbocycles. The maximum atomic E-state index is 6.47. The van der Waals surface area contributed by atoms with E-state index in [1.807, 2.05) is 54.7 Å². The van der Waals surface area contributed by atoms with Crippen LogP contribution in [-0.2, 0) is 0 Å². The van der Waals surface area contributed by atoms with E-state index in [2.05, 4.69) is 120 Å². The molecule has 11 aromatic rings. The molecule has 4 heterocycles. The maximum Gasteiger partial charge on any atom is 0.164 e. The summed E-state index contributed by atoms with van der Waals surface area (Å²) >= 11 is 1.79. The molecule has 4 aromatic heterocycles. The first-order chi connectivity index (χ1) is 26.7. The Hall–Kier alpha value is -7.02. The largest absolute Gasteiger partial charge is 0.456 e. The fourth-order valence-electron chi connectivity index (χ4n) is 7.67. The lowest BCUT2D eigenvalue weighted by Crippen LogP contribution is -2.00. The number of furan rings is 1. The summed E-state index contributed by atoms with van der Waals surface area (Å²) in [6.45, 7) is 0. The van der Waals surface area contributed by atoms with Crippen molar-refractivity contribution in [3.63, 3.8) is 0 Å². The lowest BCUT2D eigenvalue weighted by Gasteiger charge is -2.10. The Kier molecular flexibility index (Phi) is 6.97. The molecule has 0 saturated carbocycles. The summed E-state index contributed by atoms with van der Waals surface area (Å²) in [4.78, 5) is 20.2. The van der Waals surface area contributed by atoms with Crippen LogP contribution in [0.1, 0.15) is 0 Å².